The molecule has 1 atom stereocenters. The highest BCUT2D eigenvalue weighted by Crippen LogP contribution is 2.39. The van der Waals surface area contributed by atoms with E-state index in [2.05, 4.69) is 6.92 Å². The maximum absolute atomic E-state index is 10.0. The third kappa shape index (κ3) is 2.00. The predicted octanol–water partition coefficient (Wildman–Crippen LogP) is 2.46. The lowest BCUT2D eigenvalue weighted by Crippen LogP contribution is -2.01. The molecule has 2 rings (SSSR count). The first kappa shape index (κ1) is 11.3. The van der Waals surface area contributed by atoms with Crippen LogP contribution >= 0.6 is 0 Å². The summed E-state index contributed by atoms with van der Waals surface area (Å²) < 4.78 is 11.0. The van der Waals surface area contributed by atoms with Gasteiger partial charge in [-0.15, -0.1) is 0 Å². The van der Waals surface area contributed by atoms with Crippen LogP contribution in [-0.2, 0) is 6.42 Å². The van der Waals surface area contributed by atoms with Gasteiger partial charge < -0.3 is 14.6 Å². The fraction of sp³-hybridized carbons (Fsp3) is 0.538. The van der Waals surface area contributed by atoms with Crippen molar-refractivity contribution < 1.29 is 14.6 Å². The van der Waals surface area contributed by atoms with E-state index in [1.165, 1.54) is 5.56 Å². The van der Waals surface area contributed by atoms with E-state index in [1.54, 1.807) is 7.11 Å². The maximum Gasteiger partial charge on any atom is 0.166 e. The Morgan fingerprint density at radius 3 is 3.00 bits per heavy atom. The fourth-order valence-electron chi connectivity index (χ4n) is 2.05. The third-order valence-electron chi connectivity index (χ3n) is 3.00. The predicted molar refractivity (Wildman–Crippen MR) is 62.1 cm³/mol. The summed E-state index contributed by atoms with van der Waals surface area (Å²) in [6, 6.07) is 4.00. The van der Waals surface area contributed by atoms with E-state index in [9.17, 15) is 5.11 Å². The van der Waals surface area contributed by atoms with Crippen LogP contribution in [0.1, 0.15) is 37.0 Å². The molecule has 0 aliphatic carbocycles. The van der Waals surface area contributed by atoms with Crippen molar-refractivity contribution in [2.45, 2.75) is 32.3 Å². The Labute approximate surface area is 96.0 Å². The summed E-state index contributed by atoms with van der Waals surface area (Å²) in [5.41, 5.74) is 2.04. The first-order chi connectivity index (χ1) is 7.76. The van der Waals surface area contributed by atoms with E-state index < -0.39 is 6.10 Å². The van der Waals surface area contributed by atoms with E-state index in [0.29, 0.717) is 12.4 Å². The van der Waals surface area contributed by atoms with Gasteiger partial charge >= 0.3 is 0 Å². The molecule has 1 aromatic rings. The van der Waals surface area contributed by atoms with E-state index >= 15 is 0 Å². The van der Waals surface area contributed by atoms with Crippen LogP contribution in [0.15, 0.2) is 12.1 Å². The summed E-state index contributed by atoms with van der Waals surface area (Å²) in [5, 5.41) is 10.0. The molecular weight excluding hydrogens is 204 g/mol. The number of hydrogen-bond acceptors (Lipinski definition) is 3. The number of rotatable bonds is 2. The van der Waals surface area contributed by atoms with E-state index in [1.807, 2.05) is 12.1 Å². The van der Waals surface area contributed by atoms with Gasteiger partial charge in [0.05, 0.1) is 19.8 Å². The van der Waals surface area contributed by atoms with Crippen LogP contribution in [0.5, 0.6) is 11.5 Å². The number of fused-ring (bicyclic) bond motifs is 1. The highest BCUT2D eigenvalue weighted by molar-refractivity contribution is 5.51. The van der Waals surface area contributed by atoms with Gasteiger partial charge in [-0.05, 0) is 37.0 Å². The molecule has 0 saturated heterocycles. The average Bonchev–Trinajstić information content (AvgIpc) is 2.50. The molecule has 1 aliphatic rings. The molecule has 1 N–H and O–H groups in total. The fourth-order valence-corrected chi connectivity index (χ4v) is 2.05. The zero-order chi connectivity index (χ0) is 11.5. The highest BCUT2D eigenvalue weighted by atomic mass is 16.5. The number of aryl methyl sites for hydroxylation is 1. The van der Waals surface area contributed by atoms with Crippen molar-refractivity contribution >= 4 is 0 Å². The summed E-state index contributed by atoms with van der Waals surface area (Å²) in [6.07, 6.45) is 2.12. The monoisotopic (exact) mass is 222 g/mol. The Morgan fingerprint density at radius 1 is 1.50 bits per heavy atom. The van der Waals surface area contributed by atoms with Crippen LogP contribution in [0.25, 0.3) is 0 Å². The first-order valence-electron chi connectivity index (χ1n) is 5.78. The van der Waals surface area contributed by atoms with Crippen LogP contribution in [-0.4, -0.2) is 18.8 Å². The normalized spacial score (nSPS) is 19.6. The van der Waals surface area contributed by atoms with Crippen molar-refractivity contribution in [2.24, 2.45) is 0 Å². The number of methoxy groups -OCH3 is 1. The van der Waals surface area contributed by atoms with Crippen LogP contribution in [0, 0.1) is 0 Å². The summed E-state index contributed by atoms with van der Waals surface area (Å²) in [7, 11) is 1.63. The lowest BCUT2D eigenvalue weighted by atomic mass is 10.0. The highest BCUT2D eigenvalue weighted by Gasteiger charge is 2.21. The van der Waals surface area contributed by atoms with Gasteiger partial charge in [-0.25, -0.2) is 0 Å². The molecule has 0 radical (unpaired) electrons. The Kier molecular flexibility index (Phi) is 3.34. The van der Waals surface area contributed by atoms with Gasteiger partial charge in [-0.1, -0.05) is 6.92 Å². The molecule has 1 unspecified atom stereocenters. The van der Waals surface area contributed by atoms with Gasteiger partial charge in [0.25, 0.3) is 0 Å². The minimum Gasteiger partial charge on any atom is -0.493 e. The molecule has 3 nitrogen and oxygen atoms in total. The smallest absolute Gasteiger partial charge is 0.166 e. The molecule has 0 aromatic heterocycles. The van der Waals surface area contributed by atoms with Crippen molar-refractivity contribution in [3.63, 3.8) is 0 Å². The van der Waals surface area contributed by atoms with Crippen molar-refractivity contribution in [1.29, 1.82) is 0 Å². The van der Waals surface area contributed by atoms with E-state index in [-0.39, 0.29) is 0 Å². The molecule has 1 heterocycles. The lowest BCUT2D eigenvalue weighted by Gasteiger charge is -2.16. The van der Waals surface area contributed by atoms with Gasteiger partial charge in [0.15, 0.2) is 11.5 Å². The SMILES string of the molecule is CCc1cc(OC)c2c(c1)C(O)CCCO2. The molecule has 3 heteroatoms. The molecule has 16 heavy (non-hydrogen) atoms. The lowest BCUT2D eigenvalue weighted by molar-refractivity contribution is 0.167. The molecule has 0 fully saturated rings. The second-order valence-electron chi connectivity index (χ2n) is 4.08. The van der Waals surface area contributed by atoms with E-state index in [4.69, 9.17) is 9.47 Å². The number of aliphatic hydroxyl groups excluding tert-OH is 1. The molecular formula is C13H18O3. The molecule has 88 valence electrons. The van der Waals surface area contributed by atoms with Crippen molar-refractivity contribution in [3.05, 3.63) is 23.3 Å². The molecule has 0 spiro atoms. The van der Waals surface area contributed by atoms with Crippen LogP contribution < -0.4 is 9.47 Å². The molecule has 1 aromatic carbocycles. The average molecular weight is 222 g/mol. The van der Waals surface area contributed by atoms with Crippen LogP contribution in [0.3, 0.4) is 0 Å². The number of ether oxygens (including phenoxy) is 2. The molecule has 0 saturated carbocycles. The van der Waals surface area contributed by atoms with Gasteiger partial charge in [0.1, 0.15) is 0 Å². The zero-order valence-electron chi connectivity index (χ0n) is 9.82. The summed E-state index contributed by atoms with van der Waals surface area (Å²) in [6.45, 7) is 2.73. The standard InChI is InChI=1S/C13H18O3/c1-3-9-7-10-11(14)5-4-6-16-13(10)12(8-9)15-2/h7-8,11,14H,3-6H2,1-2H3. The summed E-state index contributed by atoms with van der Waals surface area (Å²) in [5.74, 6) is 1.44. The minimum absolute atomic E-state index is 0.433. The Hall–Kier alpha value is -1.22. The summed E-state index contributed by atoms with van der Waals surface area (Å²) in [4.78, 5) is 0. The Balaban J connectivity index is 2.51. The minimum atomic E-state index is -0.433. The van der Waals surface area contributed by atoms with Crippen molar-refractivity contribution in [1.82, 2.24) is 0 Å². The van der Waals surface area contributed by atoms with E-state index in [0.717, 1.165) is 30.6 Å². The topological polar surface area (TPSA) is 38.7 Å². The second-order valence-corrected chi connectivity index (χ2v) is 4.08. The number of hydrogen-bond donors (Lipinski definition) is 1. The second kappa shape index (κ2) is 4.74. The Bertz CT molecular complexity index is 374. The molecule has 0 amide bonds. The Morgan fingerprint density at radius 2 is 2.31 bits per heavy atom. The van der Waals surface area contributed by atoms with Gasteiger partial charge in [0.2, 0.25) is 0 Å². The van der Waals surface area contributed by atoms with Gasteiger partial charge in [-0.2, -0.15) is 0 Å². The number of benzene rings is 1. The molecule has 1 aliphatic heterocycles. The molecule has 0 bridgehead atoms. The summed E-state index contributed by atoms with van der Waals surface area (Å²) >= 11 is 0. The van der Waals surface area contributed by atoms with Gasteiger partial charge in [-0.3, -0.25) is 0 Å². The largest absolute Gasteiger partial charge is 0.493 e. The van der Waals surface area contributed by atoms with Crippen molar-refractivity contribution in [3.8, 4) is 11.5 Å². The maximum atomic E-state index is 10.0. The van der Waals surface area contributed by atoms with Gasteiger partial charge in [0, 0.05) is 5.56 Å². The van der Waals surface area contributed by atoms with Crippen LogP contribution in [0.4, 0.5) is 0 Å². The number of aliphatic hydroxyl groups is 1. The third-order valence-corrected chi connectivity index (χ3v) is 3.00. The quantitative estimate of drug-likeness (QED) is 0.835. The van der Waals surface area contributed by atoms with Crippen LogP contribution in [0.2, 0.25) is 0 Å². The van der Waals surface area contributed by atoms with Crippen molar-refractivity contribution in [2.75, 3.05) is 13.7 Å². The first-order valence-corrected chi connectivity index (χ1v) is 5.78. The zero-order valence-corrected chi connectivity index (χ0v) is 9.82.